The minimum absolute atomic E-state index is 0.776. The Balaban J connectivity index is 0.852. The van der Waals surface area contributed by atoms with Crippen LogP contribution < -0.4 is 27.4 Å². The molecule has 342 valence electrons. The Morgan fingerprint density at radius 3 is 1.15 bits per heavy atom. The molecule has 0 spiro atoms. The zero-order valence-corrected chi connectivity index (χ0v) is 44.7. The molecule has 0 atom stereocenters. The van der Waals surface area contributed by atoms with Gasteiger partial charge in [-0.1, -0.05) is 0 Å². The van der Waals surface area contributed by atoms with Gasteiger partial charge >= 0.3 is 426 Å². The van der Waals surface area contributed by atoms with Crippen LogP contribution in [0.2, 0.25) is 23.0 Å². The first-order valence-electron chi connectivity index (χ1n) is 25.1. The molecule has 0 bridgehead atoms. The minimum atomic E-state index is -2.51. The standard InChI is InChI=1S/C66H48Ge2N2O2/c1-67(2)55-23-13-11-21-51(55)63-57(67)25-15-27-59(63)69(45-17-7-5-8-18-45)47-31-29-41-37-53-49-33-34-50-54-38-42-30-32-48(36-44(42)40-62(54)72-66(50)65(49)71-61(53)39-43(41)35-47)70(46-19-9-6-10-20-46)60-28-16-26-58-64(60)52-22-12-14-24-56(52)68(58,3)4/h5-40H,1-4H3. The Morgan fingerprint density at radius 1 is 0.306 bits per heavy atom. The summed E-state index contributed by atoms with van der Waals surface area (Å²) in [6.07, 6.45) is 0. The van der Waals surface area contributed by atoms with Gasteiger partial charge in [-0.15, -0.1) is 0 Å². The van der Waals surface area contributed by atoms with Crippen LogP contribution in [0.1, 0.15) is 0 Å². The summed E-state index contributed by atoms with van der Waals surface area (Å²) < 4.78 is 20.0. The maximum atomic E-state index is 6.91. The van der Waals surface area contributed by atoms with Crippen molar-refractivity contribution in [1.29, 1.82) is 0 Å². The molecule has 0 fully saturated rings. The van der Waals surface area contributed by atoms with Crippen LogP contribution in [-0.2, 0) is 0 Å². The van der Waals surface area contributed by atoms with Gasteiger partial charge in [-0.25, -0.2) is 0 Å². The number of anilines is 6. The molecule has 11 aromatic carbocycles. The van der Waals surface area contributed by atoms with Crippen LogP contribution in [0.5, 0.6) is 0 Å². The van der Waals surface area contributed by atoms with Gasteiger partial charge in [-0.05, 0) is 0 Å². The number of benzene rings is 11. The average Bonchev–Trinajstić information content (AvgIpc) is 4.10. The number of furan rings is 2. The monoisotopic (exact) mass is 1050 g/mol. The number of para-hydroxylation sites is 2. The zero-order chi connectivity index (χ0) is 48.0. The molecule has 2 aliphatic heterocycles. The van der Waals surface area contributed by atoms with Crippen molar-refractivity contribution in [2.75, 3.05) is 9.80 Å². The Labute approximate surface area is 423 Å². The summed E-state index contributed by atoms with van der Waals surface area (Å²) in [4.78, 5) is 4.89. The van der Waals surface area contributed by atoms with Crippen molar-refractivity contribution in [3.05, 3.63) is 218 Å². The summed E-state index contributed by atoms with van der Waals surface area (Å²) in [5.41, 5.74) is 15.7. The van der Waals surface area contributed by atoms with E-state index in [0.29, 0.717) is 0 Å². The summed E-state index contributed by atoms with van der Waals surface area (Å²) in [7, 11) is 0. The van der Waals surface area contributed by atoms with E-state index in [0.717, 1.165) is 88.2 Å². The van der Waals surface area contributed by atoms with E-state index in [2.05, 4.69) is 251 Å². The molecular weight excluding hydrogens is 998 g/mol. The van der Waals surface area contributed by atoms with Crippen molar-refractivity contribution in [3.63, 3.8) is 0 Å². The van der Waals surface area contributed by atoms with Crippen molar-refractivity contribution < 1.29 is 8.83 Å². The molecule has 15 rings (SSSR count). The Hall–Kier alpha value is -7.77. The number of hydrogen-bond acceptors (Lipinski definition) is 4. The maximum absolute atomic E-state index is 6.91. The Kier molecular flexibility index (Phi) is 8.95. The van der Waals surface area contributed by atoms with E-state index in [-0.39, 0.29) is 0 Å². The van der Waals surface area contributed by atoms with Crippen molar-refractivity contribution in [2.24, 2.45) is 0 Å². The molecule has 72 heavy (non-hydrogen) atoms. The summed E-state index contributed by atoms with van der Waals surface area (Å²) in [6, 6.07) is 80.9. The van der Waals surface area contributed by atoms with Crippen LogP contribution in [0.25, 0.3) is 87.7 Å². The van der Waals surface area contributed by atoms with E-state index in [1.807, 2.05) is 0 Å². The molecule has 6 heteroatoms. The zero-order valence-electron chi connectivity index (χ0n) is 40.5. The van der Waals surface area contributed by atoms with E-state index in [4.69, 9.17) is 8.83 Å². The fourth-order valence-corrected chi connectivity index (χ4v) is 25.6. The molecule has 4 nitrogen and oxygen atoms in total. The van der Waals surface area contributed by atoms with E-state index in [9.17, 15) is 0 Å². The van der Waals surface area contributed by atoms with Gasteiger partial charge in [0.1, 0.15) is 0 Å². The van der Waals surface area contributed by atoms with Crippen LogP contribution in [0.3, 0.4) is 0 Å². The third kappa shape index (κ3) is 6.00. The summed E-state index contributed by atoms with van der Waals surface area (Å²) in [5.74, 6) is 10.1. The van der Waals surface area contributed by atoms with E-state index in [1.165, 1.54) is 42.4 Å². The molecule has 0 N–H and O–H groups in total. The van der Waals surface area contributed by atoms with Crippen LogP contribution in [-0.4, -0.2) is 26.5 Å². The number of fused-ring (bicyclic) bond motifs is 15. The van der Waals surface area contributed by atoms with Gasteiger partial charge in [-0.3, -0.25) is 0 Å². The van der Waals surface area contributed by atoms with Crippen molar-refractivity contribution >= 4 is 144 Å². The summed E-state index contributed by atoms with van der Waals surface area (Å²) >= 11 is -5.02. The number of nitrogens with zero attached hydrogens (tertiary/aromatic N) is 2. The van der Waals surface area contributed by atoms with Crippen molar-refractivity contribution in [1.82, 2.24) is 0 Å². The molecule has 0 saturated heterocycles. The predicted octanol–water partition coefficient (Wildman–Crippen LogP) is 16.3. The fraction of sp³-hybridized carbons (Fsp3) is 0.0606. The molecule has 2 aliphatic rings. The average molecular weight is 1050 g/mol. The van der Waals surface area contributed by atoms with Gasteiger partial charge in [0.15, 0.2) is 0 Å². The molecule has 0 unspecified atom stereocenters. The number of rotatable bonds is 6. The molecule has 0 saturated carbocycles. The van der Waals surface area contributed by atoms with Gasteiger partial charge in [0, 0.05) is 0 Å². The van der Waals surface area contributed by atoms with Gasteiger partial charge in [0.2, 0.25) is 0 Å². The quantitative estimate of drug-likeness (QED) is 0.155. The third-order valence-electron chi connectivity index (χ3n) is 16.2. The second kappa shape index (κ2) is 15.4. The molecular formula is C66H48Ge2N2O2. The van der Waals surface area contributed by atoms with E-state index in [1.54, 1.807) is 8.79 Å². The predicted molar refractivity (Wildman–Crippen MR) is 310 cm³/mol. The number of hydrogen-bond donors (Lipinski definition) is 0. The molecule has 0 amide bonds. The second-order valence-electron chi connectivity index (χ2n) is 20.9. The van der Waals surface area contributed by atoms with Gasteiger partial charge < -0.3 is 0 Å². The summed E-state index contributed by atoms with van der Waals surface area (Å²) in [6.45, 7) is 0. The SMILES string of the molecule is [CH3][Ge]1([CH3])[c]2ccccc2-c2c(N(c3ccccc3)c3ccc4cc5c(cc4c3)oc3c5ccc4c5cc6ccc(N(c7ccccc7)c7ccc[c]8c7-c7cccc[c]7[Ge]8([CH3])[CH3])cc6cc5oc43)ccc[c]21. The first-order valence-corrected chi connectivity index (χ1v) is 37.7. The molecule has 0 aliphatic carbocycles. The first-order chi connectivity index (χ1) is 35.2. The van der Waals surface area contributed by atoms with Gasteiger partial charge in [0.25, 0.3) is 0 Å². The molecule has 0 radical (unpaired) electrons. The van der Waals surface area contributed by atoms with Crippen LogP contribution in [0, 0.1) is 0 Å². The first kappa shape index (κ1) is 42.0. The van der Waals surface area contributed by atoms with E-state index >= 15 is 0 Å². The third-order valence-corrected chi connectivity index (χ3v) is 31.0. The van der Waals surface area contributed by atoms with Crippen LogP contribution in [0.4, 0.5) is 34.1 Å². The van der Waals surface area contributed by atoms with E-state index < -0.39 is 26.5 Å². The van der Waals surface area contributed by atoms with Crippen molar-refractivity contribution in [2.45, 2.75) is 23.0 Å². The summed E-state index contributed by atoms with van der Waals surface area (Å²) in [5, 5.41) is 8.82. The van der Waals surface area contributed by atoms with Gasteiger partial charge in [0.05, 0.1) is 0 Å². The second-order valence-corrected chi connectivity index (χ2v) is 39.0. The van der Waals surface area contributed by atoms with Crippen LogP contribution >= 0.6 is 0 Å². The van der Waals surface area contributed by atoms with Crippen molar-refractivity contribution in [3.8, 4) is 22.3 Å². The Bertz CT molecular complexity index is 4130. The molecule has 4 heterocycles. The molecule has 2 aromatic heterocycles. The van der Waals surface area contributed by atoms with Crippen LogP contribution in [0.15, 0.2) is 227 Å². The topological polar surface area (TPSA) is 32.8 Å². The fourth-order valence-electron chi connectivity index (χ4n) is 12.7. The van der Waals surface area contributed by atoms with Gasteiger partial charge in [-0.2, -0.15) is 0 Å². The molecule has 13 aromatic rings. The normalized spacial score (nSPS) is 14.1. The Morgan fingerprint density at radius 2 is 0.708 bits per heavy atom.